The first-order valence-electron chi connectivity index (χ1n) is 6.46. The van der Waals surface area contributed by atoms with Crippen molar-refractivity contribution in [2.75, 3.05) is 6.61 Å². The van der Waals surface area contributed by atoms with Gasteiger partial charge in [-0.05, 0) is 68.0 Å². The van der Waals surface area contributed by atoms with Gasteiger partial charge in [-0.3, -0.25) is 0 Å². The van der Waals surface area contributed by atoms with Gasteiger partial charge in [0.15, 0.2) is 0 Å². The molecular weight excluding hydrogens is 388 g/mol. The number of hydrogen-bond acceptors (Lipinski definition) is 2. The van der Waals surface area contributed by atoms with Crippen molar-refractivity contribution in [3.05, 3.63) is 32.7 Å². The number of carboxylic acids is 1. The Kier molecular flexibility index (Phi) is 7.30. The highest BCUT2D eigenvalue weighted by atomic mass is 79.9. The summed E-state index contributed by atoms with van der Waals surface area (Å²) in [7, 11) is 0. The van der Waals surface area contributed by atoms with Gasteiger partial charge < -0.3 is 9.84 Å². The second kappa shape index (κ2) is 8.47. The molecule has 1 aromatic carbocycles. The van der Waals surface area contributed by atoms with Gasteiger partial charge in [0.25, 0.3) is 0 Å². The van der Waals surface area contributed by atoms with Crippen LogP contribution in [0.4, 0.5) is 0 Å². The molecule has 20 heavy (non-hydrogen) atoms. The summed E-state index contributed by atoms with van der Waals surface area (Å²) < 4.78 is 7.44. The van der Waals surface area contributed by atoms with Crippen molar-refractivity contribution in [1.29, 1.82) is 0 Å². The van der Waals surface area contributed by atoms with Gasteiger partial charge in [0.2, 0.25) is 0 Å². The molecule has 1 N–H and O–H groups in total. The third-order valence-corrected chi connectivity index (χ3v) is 3.91. The predicted octanol–water partition coefficient (Wildman–Crippen LogP) is 5.12. The number of halogens is 2. The zero-order valence-corrected chi connectivity index (χ0v) is 14.7. The van der Waals surface area contributed by atoms with Gasteiger partial charge in [0.05, 0.1) is 15.6 Å². The van der Waals surface area contributed by atoms with Crippen molar-refractivity contribution < 1.29 is 14.6 Å². The molecule has 1 aromatic rings. The van der Waals surface area contributed by atoms with E-state index in [0.717, 1.165) is 39.2 Å². The fraction of sp³-hybridized carbons (Fsp3) is 0.400. The van der Waals surface area contributed by atoms with E-state index in [1.165, 1.54) is 0 Å². The molecule has 0 radical (unpaired) electrons. The molecule has 110 valence electrons. The van der Waals surface area contributed by atoms with E-state index in [-0.39, 0.29) is 0 Å². The van der Waals surface area contributed by atoms with Crippen molar-refractivity contribution >= 4 is 43.9 Å². The van der Waals surface area contributed by atoms with E-state index < -0.39 is 5.97 Å². The summed E-state index contributed by atoms with van der Waals surface area (Å²) >= 11 is 6.92. The second-order valence-corrected chi connectivity index (χ2v) is 6.40. The van der Waals surface area contributed by atoms with Crippen molar-refractivity contribution in [1.82, 2.24) is 0 Å². The van der Waals surface area contributed by atoms with Gasteiger partial charge in [0, 0.05) is 6.08 Å². The van der Waals surface area contributed by atoms with E-state index in [0.29, 0.717) is 12.5 Å². The number of hydrogen-bond donors (Lipinski definition) is 1. The van der Waals surface area contributed by atoms with Crippen molar-refractivity contribution in [2.45, 2.75) is 26.7 Å². The first-order chi connectivity index (χ1) is 9.43. The van der Waals surface area contributed by atoms with E-state index in [1.807, 2.05) is 12.1 Å². The number of carboxylic acid groups (broad SMARTS) is 1. The minimum absolute atomic E-state index is 0.505. The number of ether oxygens (including phenoxy) is 1. The van der Waals surface area contributed by atoms with Gasteiger partial charge in [-0.15, -0.1) is 0 Å². The van der Waals surface area contributed by atoms with Gasteiger partial charge in [-0.25, -0.2) is 4.79 Å². The van der Waals surface area contributed by atoms with Crippen molar-refractivity contribution in [2.24, 2.45) is 5.92 Å². The summed E-state index contributed by atoms with van der Waals surface area (Å²) in [4.78, 5) is 10.5. The summed E-state index contributed by atoms with van der Waals surface area (Å²) in [6.45, 7) is 4.98. The number of benzene rings is 1. The molecule has 5 heteroatoms. The van der Waals surface area contributed by atoms with E-state index in [2.05, 4.69) is 45.7 Å². The summed E-state index contributed by atoms with van der Waals surface area (Å²) in [6.07, 6.45) is 4.93. The van der Waals surface area contributed by atoms with Crippen LogP contribution in [0.5, 0.6) is 5.75 Å². The largest absolute Gasteiger partial charge is 0.491 e. The van der Waals surface area contributed by atoms with Crippen LogP contribution < -0.4 is 4.74 Å². The quantitative estimate of drug-likeness (QED) is 0.640. The molecule has 0 heterocycles. The fourth-order valence-corrected chi connectivity index (χ4v) is 3.23. The smallest absolute Gasteiger partial charge is 0.328 e. The van der Waals surface area contributed by atoms with Gasteiger partial charge in [-0.2, -0.15) is 0 Å². The highest BCUT2D eigenvalue weighted by Gasteiger charge is 2.10. The molecule has 0 aliphatic rings. The lowest BCUT2D eigenvalue weighted by atomic mass is 10.1. The standard InChI is InChI=1S/C15H18Br2O3/c1-3-4-10(2)9-20-15-12(16)7-11(8-13(15)17)5-6-14(18)19/h5-8,10H,3-4,9H2,1-2H3,(H,18,19)/b6-5+. The average molecular weight is 406 g/mol. The van der Waals surface area contributed by atoms with E-state index in [4.69, 9.17) is 9.84 Å². The van der Waals surface area contributed by atoms with Gasteiger partial charge >= 0.3 is 5.97 Å². The Bertz CT molecular complexity index is 475. The third kappa shape index (κ3) is 5.67. The molecule has 1 atom stereocenters. The van der Waals surface area contributed by atoms with E-state index in [9.17, 15) is 4.79 Å². The van der Waals surface area contributed by atoms with Crippen LogP contribution in [0, 0.1) is 5.92 Å². The molecule has 0 spiro atoms. The van der Waals surface area contributed by atoms with Crippen LogP contribution in [0.3, 0.4) is 0 Å². The zero-order chi connectivity index (χ0) is 15.1. The van der Waals surface area contributed by atoms with Gasteiger partial charge in [-0.1, -0.05) is 20.3 Å². The van der Waals surface area contributed by atoms with Crippen LogP contribution in [-0.2, 0) is 4.79 Å². The molecule has 0 saturated carbocycles. The first kappa shape index (κ1) is 17.2. The Morgan fingerprint density at radius 1 is 1.40 bits per heavy atom. The molecular formula is C15H18Br2O3. The number of carbonyl (C=O) groups is 1. The number of rotatable bonds is 7. The maximum Gasteiger partial charge on any atom is 0.328 e. The van der Waals surface area contributed by atoms with Crippen LogP contribution in [0.2, 0.25) is 0 Å². The molecule has 3 nitrogen and oxygen atoms in total. The minimum atomic E-state index is -0.967. The Hall–Kier alpha value is -0.810. The van der Waals surface area contributed by atoms with Crippen LogP contribution >= 0.6 is 31.9 Å². The number of aliphatic carboxylic acids is 1. The molecule has 0 amide bonds. The summed E-state index contributed by atoms with van der Waals surface area (Å²) in [5, 5.41) is 8.63. The Balaban J connectivity index is 2.81. The van der Waals surface area contributed by atoms with E-state index in [1.54, 1.807) is 6.08 Å². The lowest BCUT2D eigenvalue weighted by Crippen LogP contribution is -2.08. The minimum Gasteiger partial charge on any atom is -0.491 e. The predicted molar refractivity (Wildman–Crippen MR) is 88.1 cm³/mol. The van der Waals surface area contributed by atoms with E-state index >= 15 is 0 Å². The Morgan fingerprint density at radius 2 is 2.00 bits per heavy atom. The molecule has 0 bridgehead atoms. The summed E-state index contributed by atoms with van der Waals surface area (Å²) in [6, 6.07) is 3.67. The topological polar surface area (TPSA) is 46.5 Å². The molecule has 1 rings (SSSR count). The van der Waals surface area contributed by atoms with Crippen LogP contribution in [-0.4, -0.2) is 17.7 Å². The highest BCUT2D eigenvalue weighted by molar-refractivity contribution is 9.11. The normalized spacial score (nSPS) is 12.6. The SMILES string of the molecule is CCCC(C)COc1c(Br)cc(/C=C/C(=O)O)cc1Br. The van der Waals surface area contributed by atoms with Crippen LogP contribution in [0.25, 0.3) is 6.08 Å². The van der Waals surface area contributed by atoms with Crippen molar-refractivity contribution in [3.8, 4) is 5.75 Å². The Morgan fingerprint density at radius 3 is 2.50 bits per heavy atom. The average Bonchev–Trinajstić information content (AvgIpc) is 2.35. The highest BCUT2D eigenvalue weighted by Crippen LogP contribution is 2.35. The maximum absolute atomic E-state index is 10.5. The molecule has 0 saturated heterocycles. The molecule has 0 aliphatic heterocycles. The second-order valence-electron chi connectivity index (χ2n) is 4.69. The summed E-state index contributed by atoms with van der Waals surface area (Å²) in [5.41, 5.74) is 0.792. The lowest BCUT2D eigenvalue weighted by molar-refractivity contribution is -0.131. The fourth-order valence-electron chi connectivity index (χ4n) is 1.78. The summed E-state index contributed by atoms with van der Waals surface area (Å²) in [5.74, 6) is 0.289. The maximum atomic E-state index is 10.5. The monoisotopic (exact) mass is 404 g/mol. The van der Waals surface area contributed by atoms with Crippen LogP contribution in [0.15, 0.2) is 27.2 Å². The third-order valence-electron chi connectivity index (χ3n) is 2.73. The zero-order valence-electron chi connectivity index (χ0n) is 11.5. The lowest BCUT2D eigenvalue weighted by Gasteiger charge is -2.15. The molecule has 0 aliphatic carbocycles. The van der Waals surface area contributed by atoms with Gasteiger partial charge in [0.1, 0.15) is 5.75 Å². The molecule has 1 unspecified atom stereocenters. The van der Waals surface area contributed by atoms with Crippen LogP contribution in [0.1, 0.15) is 32.3 Å². The first-order valence-corrected chi connectivity index (χ1v) is 8.05. The molecule has 0 aromatic heterocycles. The Labute approximate surface area is 136 Å². The van der Waals surface area contributed by atoms with Crippen molar-refractivity contribution in [3.63, 3.8) is 0 Å². The molecule has 0 fully saturated rings.